The molecule has 1 atom stereocenters. The highest BCUT2D eigenvalue weighted by molar-refractivity contribution is 5.59. The molecular weight excluding hydrogens is 198 g/mol. The molecule has 16 heavy (non-hydrogen) atoms. The van der Waals surface area contributed by atoms with Gasteiger partial charge in [-0.25, -0.2) is 0 Å². The number of fused-ring (bicyclic) bond motifs is 1. The number of rotatable bonds is 3. The third kappa shape index (κ3) is 1.85. The molecule has 0 amide bonds. The van der Waals surface area contributed by atoms with Crippen LogP contribution in [0.4, 0.5) is 0 Å². The Morgan fingerprint density at radius 2 is 1.88 bits per heavy atom. The van der Waals surface area contributed by atoms with Crippen LogP contribution in [0.1, 0.15) is 19.4 Å². The first-order valence-electron chi connectivity index (χ1n) is 5.97. The average molecular weight is 218 g/mol. The lowest BCUT2D eigenvalue weighted by atomic mass is 10.1. The van der Waals surface area contributed by atoms with E-state index in [-0.39, 0.29) is 6.23 Å². The number of nitrogens with zero attached hydrogens (tertiary/aromatic N) is 1. The monoisotopic (exact) mass is 218 g/mol. The van der Waals surface area contributed by atoms with Gasteiger partial charge in [-0.2, -0.15) is 0 Å². The Balaban J connectivity index is 2.26. The topological polar surface area (TPSA) is 9.23 Å². The van der Waals surface area contributed by atoms with Crippen molar-refractivity contribution in [3.05, 3.63) is 35.9 Å². The maximum absolute atomic E-state index is 6.06. The summed E-state index contributed by atoms with van der Waals surface area (Å²) >= 11 is 0. The third-order valence-corrected chi connectivity index (χ3v) is 3.67. The van der Waals surface area contributed by atoms with Crippen molar-refractivity contribution in [2.75, 3.05) is 20.1 Å². The van der Waals surface area contributed by atoms with Crippen LogP contribution >= 0.6 is 0 Å². The van der Waals surface area contributed by atoms with Gasteiger partial charge < -0.3 is 4.74 Å². The minimum Gasteiger partial charge on any atom is -0.438 e. The number of hydrogen-bond acceptors (Lipinski definition) is 1. The van der Waals surface area contributed by atoms with Crippen molar-refractivity contribution in [2.24, 2.45) is 0 Å². The van der Waals surface area contributed by atoms with Crippen molar-refractivity contribution < 1.29 is 9.22 Å². The molecule has 0 saturated carbocycles. The number of para-hydroxylation sites is 1. The molecule has 1 aliphatic heterocycles. The molecule has 0 bridgehead atoms. The summed E-state index contributed by atoms with van der Waals surface area (Å²) in [5.74, 6) is 1.00. The van der Waals surface area contributed by atoms with Gasteiger partial charge in [-0.15, -0.1) is 0 Å². The van der Waals surface area contributed by atoms with Gasteiger partial charge in [0.2, 0.25) is 0 Å². The molecule has 2 rings (SSSR count). The van der Waals surface area contributed by atoms with Crippen LogP contribution in [-0.2, 0) is 0 Å². The van der Waals surface area contributed by atoms with Crippen LogP contribution in [0, 0.1) is 0 Å². The maximum atomic E-state index is 6.06. The van der Waals surface area contributed by atoms with E-state index in [9.17, 15) is 0 Å². The average Bonchev–Trinajstić information content (AvgIpc) is 2.37. The van der Waals surface area contributed by atoms with Crippen molar-refractivity contribution in [2.45, 2.75) is 20.1 Å². The van der Waals surface area contributed by atoms with Gasteiger partial charge in [-0.3, -0.25) is 4.48 Å². The zero-order valence-electron chi connectivity index (χ0n) is 10.3. The van der Waals surface area contributed by atoms with Crippen LogP contribution in [0.5, 0.6) is 5.75 Å². The molecule has 0 aliphatic carbocycles. The molecule has 0 N–H and O–H groups in total. The van der Waals surface area contributed by atoms with Crippen LogP contribution in [0.15, 0.2) is 30.3 Å². The van der Waals surface area contributed by atoms with E-state index in [2.05, 4.69) is 39.1 Å². The number of hydrogen-bond donors (Lipinski definition) is 0. The lowest BCUT2D eigenvalue weighted by Crippen LogP contribution is -2.54. The zero-order valence-corrected chi connectivity index (χ0v) is 10.3. The van der Waals surface area contributed by atoms with Crippen LogP contribution in [0.25, 0.3) is 6.08 Å². The molecule has 1 unspecified atom stereocenters. The summed E-state index contributed by atoms with van der Waals surface area (Å²) in [5, 5.41) is 0. The SMILES string of the molecule is CC[N+](C)(CC)C1C=Cc2ccccc2O1. The van der Waals surface area contributed by atoms with E-state index in [4.69, 9.17) is 4.74 Å². The first-order chi connectivity index (χ1) is 7.69. The van der Waals surface area contributed by atoms with Crippen molar-refractivity contribution in [1.29, 1.82) is 0 Å². The van der Waals surface area contributed by atoms with Crippen LogP contribution in [0.3, 0.4) is 0 Å². The Morgan fingerprint density at radius 3 is 2.56 bits per heavy atom. The summed E-state index contributed by atoms with van der Waals surface area (Å²) in [6.07, 6.45) is 4.49. The normalized spacial score (nSPS) is 19.1. The molecule has 0 aromatic heterocycles. The number of likely N-dealkylation sites (N-methyl/N-ethyl adjacent to an activating group) is 1. The van der Waals surface area contributed by atoms with E-state index in [1.807, 2.05) is 18.2 Å². The van der Waals surface area contributed by atoms with Crippen molar-refractivity contribution in [3.63, 3.8) is 0 Å². The molecule has 2 nitrogen and oxygen atoms in total. The molecule has 0 fully saturated rings. The lowest BCUT2D eigenvalue weighted by molar-refractivity contribution is -0.940. The van der Waals surface area contributed by atoms with E-state index >= 15 is 0 Å². The quantitative estimate of drug-likeness (QED) is 0.709. The van der Waals surface area contributed by atoms with Gasteiger partial charge in [0.15, 0.2) is 0 Å². The fourth-order valence-corrected chi connectivity index (χ4v) is 2.00. The fraction of sp³-hybridized carbons (Fsp3) is 0.429. The molecular formula is C14H20NO+. The molecule has 2 heteroatoms. The van der Waals surface area contributed by atoms with Crippen molar-refractivity contribution in [3.8, 4) is 5.75 Å². The second-order valence-corrected chi connectivity index (χ2v) is 4.52. The van der Waals surface area contributed by atoms with Crippen LogP contribution in [-0.4, -0.2) is 30.8 Å². The highest BCUT2D eigenvalue weighted by Gasteiger charge is 2.31. The minimum atomic E-state index is 0.143. The molecule has 1 aromatic carbocycles. The van der Waals surface area contributed by atoms with Gasteiger partial charge >= 0.3 is 0 Å². The second-order valence-electron chi connectivity index (χ2n) is 4.52. The summed E-state index contributed by atoms with van der Waals surface area (Å²) in [6.45, 7) is 6.57. The van der Waals surface area contributed by atoms with E-state index < -0.39 is 0 Å². The Hall–Kier alpha value is -1.28. The van der Waals surface area contributed by atoms with Crippen molar-refractivity contribution >= 4 is 6.08 Å². The first kappa shape index (κ1) is 11.2. The number of ether oxygens (including phenoxy) is 1. The predicted octanol–water partition coefficient (Wildman–Crippen LogP) is 2.90. The summed E-state index contributed by atoms with van der Waals surface area (Å²) in [5.41, 5.74) is 1.18. The molecule has 1 aromatic rings. The summed E-state index contributed by atoms with van der Waals surface area (Å²) < 4.78 is 6.99. The zero-order chi connectivity index (χ0) is 11.6. The predicted molar refractivity (Wildman–Crippen MR) is 67.2 cm³/mol. The molecule has 1 heterocycles. The van der Waals surface area contributed by atoms with Gasteiger partial charge in [0.1, 0.15) is 5.75 Å². The molecule has 86 valence electrons. The largest absolute Gasteiger partial charge is 0.438 e. The molecule has 1 aliphatic rings. The van der Waals surface area contributed by atoms with Crippen molar-refractivity contribution in [1.82, 2.24) is 0 Å². The molecule has 0 radical (unpaired) electrons. The Kier molecular flexibility index (Phi) is 3.01. The minimum absolute atomic E-state index is 0.143. The van der Waals surface area contributed by atoms with Gasteiger partial charge in [0.05, 0.1) is 20.1 Å². The lowest BCUT2D eigenvalue weighted by Gasteiger charge is -2.39. The Morgan fingerprint density at radius 1 is 1.19 bits per heavy atom. The van der Waals surface area contributed by atoms with Gasteiger partial charge in [0.25, 0.3) is 6.23 Å². The third-order valence-electron chi connectivity index (χ3n) is 3.67. The Bertz CT molecular complexity index is 393. The van der Waals surface area contributed by atoms with Gasteiger partial charge in [-0.1, -0.05) is 18.2 Å². The van der Waals surface area contributed by atoms with Crippen LogP contribution in [0.2, 0.25) is 0 Å². The van der Waals surface area contributed by atoms with E-state index in [0.717, 1.165) is 23.3 Å². The highest BCUT2D eigenvalue weighted by Crippen LogP contribution is 2.28. The molecule has 0 saturated heterocycles. The fourth-order valence-electron chi connectivity index (χ4n) is 2.00. The van der Waals surface area contributed by atoms with E-state index in [1.165, 1.54) is 5.56 Å². The second kappa shape index (κ2) is 4.30. The summed E-state index contributed by atoms with van der Waals surface area (Å²) in [4.78, 5) is 0. The smallest absolute Gasteiger partial charge is 0.253 e. The Labute approximate surface area is 97.7 Å². The van der Waals surface area contributed by atoms with E-state index in [1.54, 1.807) is 0 Å². The first-order valence-corrected chi connectivity index (χ1v) is 5.97. The number of benzene rings is 1. The summed E-state index contributed by atoms with van der Waals surface area (Å²) in [7, 11) is 2.24. The summed E-state index contributed by atoms with van der Waals surface area (Å²) in [6, 6.07) is 8.20. The standard InChI is InChI=1S/C14H20NO/c1-4-15(3,5-2)14-11-10-12-8-6-7-9-13(12)16-14/h6-11,14H,4-5H2,1-3H3/q+1. The van der Waals surface area contributed by atoms with Gasteiger partial charge in [-0.05, 0) is 26.0 Å². The van der Waals surface area contributed by atoms with Crippen LogP contribution < -0.4 is 4.74 Å². The maximum Gasteiger partial charge on any atom is 0.253 e. The highest BCUT2D eigenvalue weighted by atomic mass is 16.5. The molecule has 0 spiro atoms. The van der Waals surface area contributed by atoms with E-state index in [0.29, 0.717) is 0 Å². The van der Waals surface area contributed by atoms with Gasteiger partial charge in [0, 0.05) is 11.6 Å². The number of quaternary nitrogens is 1.